The van der Waals surface area contributed by atoms with Gasteiger partial charge in [0.15, 0.2) is 0 Å². The molecule has 0 N–H and O–H groups in total. The lowest BCUT2D eigenvalue weighted by Crippen LogP contribution is -1.04. The van der Waals surface area contributed by atoms with Crippen LogP contribution in [-0.2, 0) is 11.8 Å². The molecule has 5 heavy (non-hydrogen) atoms. The summed E-state index contributed by atoms with van der Waals surface area (Å²) >= 11 is 4.20. The Balaban J connectivity index is 3.31. The molecule has 0 aromatic rings. The zero-order chi connectivity index (χ0) is 4.12. The summed E-state index contributed by atoms with van der Waals surface area (Å²) in [7, 11) is 0.321. The Morgan fingerprint density at radius 2 is 2.60 bits per heavy atom. The van der Waals surface area contributed by atoms with Crippen LogP contribution in [0.5, 0.6) is 0 Å². The number of hydrogen-bond donors (Lipinski definition) is 0. The maximum atomic E-state index is 7.45. The minimum atomic E-state index is 0.321. The topological polar surface area (TPSA) is 48.8 Å². The molecule has 0 aliphatic heterocycles. The van der Waals surface area contributed by atoms with Crippen LogP contribution in [0.15, 0.2) is 4.88 Å². The molecule has 0 bridgehead atoms. The van der Waals surface area contributed by atoms with Crippen LogP contribution in [0, 0.1) is 0 Å². The predicted octanol–water partition coefficient (Wildman–Crippen LogP) is 1.62. The first-order valence-electron chi connectivity index (χ1n) is 0.783. The van der Waals surface area contributed by atoms with E-state index >= 15 is 0 Å². The Labute approximate surface area is 35.5 Å². The summed E-state index contributed by atoms with van der Waals surface area (Å²) < 4.78 is 0. The van der Waals surface area contributed by atoms with Crippen molar-refractivity contribution in [3.05, 3.63) is 10.4 Å². The Morgan fingerprint density at radius 3 is 2.60 bits per heavy atom. The summed E-state index contributed by atoms with van der Waals surface area (Å²) in [6, 6.07) is 0. The van der Waals surface area contributed by atoms with Gasteiger partial charge in [0.25, 0.3) is 0 Å². The van der Waals surface area contributed by atoms with Gasteiger partial charge in [0.05, 0.1) is 7.51 Å². The van der Waals surface area contributed by atoms with E-state index < -0.39 is 0 Å². The zero-order valence-electron chi connectivity index (χ0n) is 2.20. The molecular weight excluding hydrogens is 105 g/mol. The van der Waals surface area contributed by atoms with Crippen LogP contribution in [0.3, 0.4) is 0 Å². The lowest BCUT2D eigenvalue weighted by atomic mass is 13.0. The molecule has 0 saturated heterocycles. The summed E-state index contributed by atoms with van der Waals surface area (Å²) in [6.45, 7) is 0. The van der Waals surface area contributed by atoms with Crippen molar-refractivity contribution in [3.63, 3.8) is 0 Å². The van der Waals surface area contributed by atoms with Crippen molar-refractivity contribution in [2.24, 2.45) is 4.88 Å². The van der Waals surface area contributed by atoms with Crippen LogP contribution in [0.25, 0.3) is 10.4 Å². The van der Waals surface area contributed by atoms with Crippen molar-refractivity contribution in [2.45, 2.75) is 0 Å². The first-order valence-corrected chi connectivity index (χ1v) is 2.64. The van der Waals surface area contributed by atoms with Crippen molar-refractivity contribution in [1.82, 2.24) is 0 Å². The van der Waals surface area contributed by atoms with Crippen LogP contribution in [0.4, 0.5) is 0 Å². The van der Waals surface area contributed by atoms with E-state index in [0.717, 1.165) is 0 Å². The first-order chi connectivity index (χ1) is 2.41. The maximum absolute atomic E-state index is 7.45. The summed E-state index contributed by atoms with van der Waals surface area (Å²) in [6.07, 6.45) is 0. The highest BCUT2D eigenvalue weighted by molar-refractivity contribution is 7.95. The predicted molar refractivity (Wildman–Crippen MR) is 23.4 cm³/mol. The average molecular weight is 105 g/mol. The molecule has 0 amide bonds. The van der Waals surface area contributed by atoms with Crippen LogP contribution in [0.2, 0.25) is 0 Å². The van der Waals surface area contributed by atoms with Gasteiger partial charge in [-0.1, -0.05) is 11.8 Å². The van der Waals surface area contributed by atoms with Gasteiger partial charge in [-0.3, -0.25) is 0 Å². The van der Waals surface area contributed by atoms with Gasteiger partial charge >= 0.3 is 0 Å². The number of hydrogen-bond acceptors (Lipinski definition) is 1. The highest BCUT2D eigenvalue weighted by Gasteiger charge is 1.43. The molecule has 3 nitrogen and oxygen atoms in total. The monoisotopic (exact) mass is 105 g/mol. The molecule has 0 atom stereocenters. The second-order valence-electron chi connectivity index (χ2n) is 0.261. The minimum Gasteiger partial charge on any atom is -0.0500 e. The number of rotatable bonds is 1. The molecule has 0 heterocycles. The molecule has 0 radical (unpaired) electrons. The van der Waals surface area contributed by atoms with Crippen LogP contribution in [0.1, 0.15) is 0 Å². The lowest BCUT2D eigenvalue weighted by Gasteiger charge is -1.40. The van der Waals surface area contributed by atoms with E-state index in [0.29, 0.717) is 7.51 Å². The molecule has 0 spiro atoms. The van der Waals surface area contributed by atoms with Gasteiger partial charge in [-0.15, -0.1) is 0 Å². The zero-order valence-corrected chi connectivity index (χ0v) is 3.91. The summed E-state index contributed by atoms with van der Waals surface area (Å²) in [5, 5.41) is 0. The fourth-order valence-corrected chi connectivity index (χ4v) is 0.147. The Hall–Kier alpha value is -0.170. The normalized spacial score (nSPS) is 6.40. The fourth-order valence-electron chi connectivity index (χ4n) is 0.0163. The molecule has 0 fully saturated rings. The highest BCUT2D eigenvalue weighted by Crippen LogP contribution is 1.89. The van der Waals surface area contributed by atoms with Crippen molar-refractivity contribution in [3.8, 4) is 0 Å². The number of nitrogens with zero attached hydrogens (tertiary/aromatic N) is 3. The van der Waals surface area contributed by atoms with Crippen LogP contribution < -0.4 is 0 Å². The molecule has 0 aromatic carbocycles. The van der Waals surface area contributed by atoms with Gasteiger partial charge < -0.3 is 0 Å². The second kappa shape index (κ2) is 3.83. The fraction of sp³-hybridized carbons (Fsp3) is 0. The summed E-state index contributed by atoms with van der Waals surface area (Å²) in [5.74, 6) is 0. The molecule has 0 aromatic heterocycles. The molecule has 0 saturated carbocycles. The first kappa shape index (κ1) is 4.83. The van der Waals surface area contributed by atoms with E-state index in [-0.39, 0.29) is 0 Å². The van der Waals surface area contributed by atoms with Gasteiger partial charge in [0.1, 0.15) is 0 Å². The molecule has 0 aliphatic rings. The average Bonchev–Trinajstić information content (AvgIpc) is 1.41. The van der Waals surface area contributed by atoms with E-state index in [1.165, 1.54) is 0 Å². The van der Waals surface area contributed by atoms with E-state index in [2.05, 4.69) is 21.6 Å². The van der Waals surface area contributed by atoms with E-state index in [1.807, 2.05) is 0 Å². The van der Waals surface area contributed by atoms with Crippen LogP contribution in [-0.4, -0.2) is 0 Å². The Morgan fingerprint density at radius 1 is 2.00 bits per heavy atom. The van der Waals surface area contributed by atoms with Crippen LogP contribution >= 0.6 is 7.51 Å². The second-order valence-corrected chi connectivity index (χ2v) is 1.09. The van der Waals surface area contributed by atoms with Gasteiger partial charge in [0.2, 0.25) is 0 Å². The summed E-state index contributed by atoms with van der Waals surface area (Å²) in [4.78, 5) is 5.30. The Kier molecular flexibility index (Phi) is 3.70. The number of azide groups is 1. The lowest BCUT2D eigenvalue weighted by molar-refractivity contribution is 1.82. The van der Waals surface area contributed by atoms with Crippen molar-refractivity contribution in [2.75, 3.05) is 0 Å². The van der Waals surface area contributed by atoms with Crippen molar-refractivity contribution in [1.29, 1.82) is 0 Å². The standard InChI is InChI=1S/N3PS/c1-2-3-4-5. The molecule has 5 heteroatoms. The largest absolute Gasteiger partial charge is 0.0728 e. The van der Waals surface area contributed by atoms with Gasteiger partial charge in [-0.2, -0.15) is 0 Å². The maximum Gasteiger partial charge on any atom is 0.0728 e. The van der Waals surface area contributed by atoms with E-state index in [9.17, 15) is 0 Å². The van der Waals surface area contributed by atoms with Crippen molar-refractivity contribution < 1.29 is 0 Å². The SMILES string of the molecule is [N-]=[N+]=NP=S. The van der Waals surface area contributed by atoms with E-state index in [4.69, 9.17) is 5.53 Å². The minimum absolute atomic E-state index is 0.321. The summed E-state index contributed by atoms with van der Waals surface area (Å²) in [5.41, 5.74) is 7.45. The quantitative estimate of drug-likeness (QED) is 0.216. The molecule has 0 rings (SSSR count). The van der Waals surface area contributed by atoms with Gasteiger partial charge in [-0.05, 0) is 10.4 Å². The third-order valence-electron chi connectivity index (χ3n) is 0.0765. The highest BCUT2D eigenvalue weighted by atomic mass is 32.4. The third kappa shape index (κ3) is 3.83. The molecule has 26 valence electrons. The Bertz CT molecular complexity index is 71.0. The van der Waals surface area contributed by atoms with Gasteiger partial charge in [-0.25, -0.2) is 0 Å². The molecule has 0 unspecified atom stereocenters. The molecule has 0 aliphatic carbocycles. The smallest absolute Gasteiger partial charge is 0.0500 e. The van der Waals surface area contributed by atoms with Crippen molar-refractivity contribution >= 4 is 19.3 Å². The van der Waals surface area contributed by atoms with E-state index in [1.54, 1.807) is 0 Å². The third-order valence-corrected chi connectivity index (χ3v) is 0.449. The molecular formula is N3PS. The van der Waals surface area contributed by atoms with Gasteiger partial charge in [0, 0.05) is 4.91 Å².